The topological polar surface area (TPSA) is 55.1 Å². The predicted molar refractivity (Wildman–Crippen MR) is 81.4 cm³/mol. The van der Waals surface area contributed by atoms with Crippen molar-refractivity contribution in [3.8, 4) is 0 Å². The van der Waals surface area contributed by atoms with Gasteiger partial charge in [0.25, 0.3) is 5.91 Å². The van der Waals surface area contributed by atoms with E-state index in [0.717, 1.165) is 10.0 Å². The SMILES string of the molecule is NCc1ccc(C(=O)Nc2ccc(Br)cc2Cl)cc1. The van der Waals surface area contributed by atoms with Gasteiger partial charge in [0.15, 0.2) is 0 Å². The Labute approximate surface area is 124 Å². The maximum atomic E-state index is 12.0. The lowest BCUT2D eigenvalue weighted by Gasteiger charge is -2.08. The molecular weight excluding hydrogens is 328 g/mol. The molecule has 0 unspecified atom stereocenters. The molecule has 0 atom stereocenters. The van der Waals surface area contributed by atoms with E-state index in [1.807, 2.05) is 18.2 Å². The van der Waals surface area contributed by atoms with Crippen molar-refractivity contribution in [2.75, 3.05) is 5.32 Å². The number of nitrogens with two attached hydrogens (primary N) is 1. The molecule has 1 amide bonds. The first-order valence-electron chi connectivity index (χ1n) is 5.65. The van der Waals surface area contributed by atoms with Crippen molar-refractivity contribution in [3.05, 3.63) is 63.1 Å². The zero-order valence-electron chi connectivity index (χ0n) is 9.99. The predicted octanol–water partition coefficient (Wildman–Crippen LogP) is 3.81. The second kappa shape index (κ2) is 6.19. The molecule has 98 valence electrons. The summed E-state index contributed by atoms with van der Waals surface area (Å²) < 4.78 is 0.864. The summed E-state index contributed by atoms with van der Waals surface area (Å²) in [5.41, 5.74) is 7.64. The molecule has 0 radical (unpaired) electrons. The number of hydrogen-bond acceptors (Lipinski definition) is 2. The van der Waals surface area contributed by atoms with Gasteiger partial charge in [0.2, 0.25) is 0 Å². The van der Waals surface area contributed by atoms with E-state index >= 15 is 0 Å². The molecule has 0 aliphatic heterocycles. The van der Waals surface area contributed by atoms with Crippen molar-refractivity contribution in [2.24, 2.45) is 5.73 Å². The van der Waals surface area contributed by atoms with Gasteiger partial charge < -0.3 is 11.1 Å². The van der Waals surface area contributed by atoms with E-state index in [1.165, 1.54) is 0 Å². The standard InChI is InChI=1S/C14H12BrClN2O/c15-11-5-6-13(12(16)7-11)18-14(19)10-3-1-9(8-17)2-4-10/h1-7H,8,17H2,(H,18,19). The Kier molecular flexibility index (Phi) is 4.58. The summed E-state index contributed by atoms with van der Waals surface area (Å²) in [4.78, 5) is 12.0. The van der Waals surface area contributed by atoms with E-state index in [4.69, 9.17) is 17.3 Å². The van der Waals surface area contributed by atoms with Gasteiger partial charge >= 0.3 is 0 Å². The van der Waals surface area contributed by atoms with E-state index < -0.39 is 0 Å². The highest BCUT2D eigenvalue weighted by Crippen LogP contribution is 2.26. The van der Waals surface area contributed by atoms with Crippen LogP contribution in [0.5, 0.6) is 0 Å². The number of carbonyl (C=O) groups excluding carboxylic acids is 1. The number of nitrogens with one attached hydrogen (secondary N) is 1. The minimum absolute atomic E-state index is 0.201. The highest BCUT2D eigenvalue weighted by Gasteiger charge is 2.08. The Bertz CT molecular complexity index is 599. The fourth-order valence-corrected chi connectivity index (χ4v) is 2.30. The van der Waals surface area contributed by atoms with Crippen molar-refractivity contribution in [3.63, 3.8) is 0 Å². The average molecular weight is 340 g/mol. The molecule has 0 saturated heterocycles. The summed E-state index contributed by atoms with van der Waals surface area (Å²) in [5, 5.41) is 3.26. The summed E-state index contributed by atoms with van der Waals surface area (Å²) in [7, 11) is 0. The van der Waals surface area contributed by atoms with Crippen LogP contribution in [0.2, 0.25) is 5.02 Å². The molecule has 2 aromatic carbocycles. The van der Waals surface area contributed by atoms with Crippen LogP contribution in [0, 0.1) is 0 Å². The molecule has 0 spiro atoms. The van der Waals surface area contributed by atoms with Gasteiger partial charge in [-0.3, -0.25) is 4.79 Å². The van der Waals surface area contributed by atoms with Gasteiger partial charge in [0, 0.05) is 16.6 Å². The Balaban J connectivity index is 2.15. The van der Waals surface area contributed by atoms with E-state index in [-0.39, 0.29) is 5.91 Å². The van der Waals surface area contributed by atoms with Crippen LogP contribution >= 0.6 is 27.5 Å². The number of anilines is 1. The zero-order chi connectivity index (χ0) is 13.8. The average Bonchev–Trinajstić information content (AvgIpc) is 2.42. The first-order valence-corrected chi connectivity index (χ1v) is 6.82. The molecule has 0 heterocycles. The molecule has 0 bridgehead atoms. The summed E-state index contributed by atoms with van der Waals surface area (Å²) in [6, 6.07) is 12.4. The van der Waals surface area contributed by atoms with Crippen LogP contribution in [0.4, 0.5) is 5.69 Å². The summed E-state index contributed by atoms with van der Waals surface area (Å²) in [5.74, 6) is -0.201. The lowest BCUT2D eigenvalue weighted by molar-refractivity contribution is 0.102. The number of benzene rings is 2. The molecule has 0 aromatic heterocycles. The molecule has 3 N–H and O–H groups in total. The molecule has 0 saturated carbocycles. The van der Waals surface area contributed by atoms with Crippen molar-refractivity contribution >= 4 is 39.1 Å². The Morgan fingerprint density at radius 1 is 1.21 bits per heavy atom. The third-order valence-electron chi connectivity index (χ3n) is 2.63. The van der Waals surface area contributed by atoms with Crippen molar-refractivity contribution in [1.82, 2.24) is 0 Å². The molecule has 0 fully saturated rings. The number of rotatable bonds is 3. The summed E-state index contributed by atoms with van der Waals surface area (Å²) >= 11 is 9.36. The van der Waals surface area contributed by atoms with Crippen molar-refractivity contribution in [1.29, 1.82) is 0 Å². The first kappa shape index (κ1) is 14.1. The van der Waals surface area contributed by atoms with Gasteiger partial charge in [0.05, 0.1) is 10.7 Å². The first-order chi connectivity index (χ1) is 9.10. The van der Waals surface area contributed by atoms with Crippen LogP contribution in [-0.4, -0.2) is 5.91 Å². The van der Waals surface area contributed by atoms with E-state index in [9.17, 15) is 4.79 Å². The number of hydrogen-bond donors (Lipinski definition) is 2. The lowest BCUT2D eigenvalue weighted by Crippen LogP contribution is -2.12. The fraction of sp³-hybridized carbons (Fsp3) is 0.0714. The second-order valence-electron chi connectivity index (χ2n) is 3.98. The number of carbonyl (C=O) groups is 1. The summed E-state index contributed by atoms with van der Waals surface area (Å²) in [6.45, 7) is 0.459. The monoisotopic (exact) mass is 338 g/mol. The smallest absolute Gasteiger partial charge is 0.255 e. The molecular formula is C14H12BrClN2O. The highest BCUT2D eigenvalue weighted by molar-refractivity contribution is 9.10. The zero-order valence-corrected chi connectivity index (χ0v) is 12.3. The van der Waals surface area contributed by atoms with E-state index in [0.29, 0.717) is 22.8 Å². The number of amides is 1. The Hall–Kier alpha value is -1.36. The molecule has 3 nitrogen and oxygen atoms in total. The Morgan fingerprint density at radius 3 is 2.47 bits per heavy atom. The second-order valence-corrected chi connectivity index (χ2v) is 5.30. The normalized spacial score (nSPS) is 10.3. The van der Waals surface area contributed by atoms with Gasteiger partial charge in [-0.2, -0.15) is 0 Å². The third-order valence-corrected chi connectivity index (χ3v) is 3.44. The van der Waals surface area contributed by atoms with Crippen LogP contribution in [0.15, 0.2) is 46.9 Å². The Morgan fingerprint density at radius 2 is 1.89 bits per heavy atom. The molecule has 5 heteroatoms. The van der Waals surface area contributed by atoms with E-state index in [2.05, 4.69) is 21.2 Å². The third kappa shape index (κ3) is 3.56. The molecule has 0 aliphatic rings. The van der Waals surface area contributed by atoms with Gasteiger partial charge in [-0.15, -0.1) is 0 Å². The quantitative estimate of drug-likeness (QED) is 0.893. The molecule has 0 aliphatic carbocycles. The van der Waals surface area contributed by atoms with Crippen molar-refractivity contribution in [2.45, 2.75) is 6.54 Å². The molecule has 19 heavy (non-hydrogen) atoms. The van der Waals surface area contributed by atoms with E-state index in [1.54, 1.807) is 24.3 Å². The minimum Gasteiger partial charge on any atom is -0.326 e. The van der Waals surface area contributed by atoms with Crippen LogP contribution in [0.1, 0.15) is 15.9 Å². The van der Waals surface area contributed by atoms with Crippen LogP contribution in [0.25, 0.3) is 0 Å². The highest BCUT2D eigenvalue weighted by atomic mass is 79.9. The molecule has 2 rings (SSSR count). The number of halogens is 2. The van der Waals surface area contributed by atoms with Crippen LogP contribution in [-0.2, 0) is 6.54 Å². The van der Waals surface area contributed by atoms with Gasteiger partial charge in [-0.1, -0.05) is 39.7 Å². The largest absolute Gasteiger partial charge is 0.326 e. The van der Waals surface area contributed by atoms with Gasteiger partial charge in [0.1, 0.15) is 0 Å². The van der Waals surface area contributed by atoms with Gasteiger partial charge in [-0.05, 0) is 35.9 Å². The van der Waals surface area contributed by atoms with Gasteiger partial charge in [-0.25, -0.2) is 0 Å². The lowest BCUT2D eigenvalue weighted by atomic mass is 10.1. The summed E-state index contributed by atoms with van der Waals surface area (Å²) in [6.07, 6.45) is 0. The molecule has 2 aromatic rings. The van der Waals surface area contributed by atoms with Crippen molar-refractivity contribution < 1.29 is 4.79 Å². The minimum atomic E-state index is -0.201. The van der Waals surface area contributed by atoms with Crippen LogP contribution in [0.3, 0.4) is 0 Å². The fourth-order valence-electron chi connectivity index (χ4n) is 1.58. The maximum absolute atomic E-state index is 12.0. The van der Waals surface area contributed by atoms with Crippen LogP contribution < -0.4 is 11.1 Å². The maximum Gasteiger partial charge on any atom is 0.255 e.